The van der Waals surface area contributed by atoms with Crippen LogP contribution in [0.15, 0.2) is 71.2 Å². The fourth-order valence-electron chi connectivity index (χ4n) is 2.58. The Morgan fingerprint density at radius 2 is 1.79 bits per heavy atom. The summed E-state index contributed by atoms with van der Waals surface area (Å²) in [7, 11) is 1.61. The van der Waals surface area contributed by atoms with Crippen molar-refractivity contribution in [3.05, 3.63) is 92.9 Å². The van der Waals surface area contributed by atoms with E-state index in [1.807, 2.05) is 60.7 Å². The number of methoxy groups -OCH3 is 1. The molecule has 0 amide bonds. The molecule has 0 heterocycles. The van der Waals surface area contributed by atoms with Gasteiger partial charge in [0, 0.05) is 4.47 Å². The van der Waals surface area contributed by atoms with Crippen LogP contribution >= 0.6 is 27.5 Å². The lowest BCUT2D eigenvalue weighted by molar-refractivity contribution is 0.306. The predicted molar refractivity (Wildman–Crippen MR) is 116 cm³/mol. The van der Waals surface area contributed by atoms with Crippen molar-refractivity contribution in [1.82, 2.24) is 0 Å². The zero-order chi connectivity index (χ0) is 19.9. The second kappa shape index (κ2) is 9.45. The van der Waals surface area contributed by atoms with Gasteiger partial charge in [0.25, 0.3) is 0 Å². The van der Waals surface area contributed by atoms with Crippen molar-refractivity contribution < 1.29 is 9.47 Å². The molecule has 0 spiro atoms. The molecule has 3 aromatic rings. The van der Waals surface area contributed by atoms with Crippen LogP contribution < -0.4 is 9.47 Å². The molecule has 0 radical (unpaired) electrons. The minimum Gasteiger partial charge on any atom is -0.497 e. The summed E-state index contributed by atoms with van der Waals surface area (Å²) in [5.41, 5.74) is 3.24. The lowest BCUT2D eigenvalue weighted by atomic mass is 10.0. The van der Waals surface area contributed by atoms with Crippen LogP contribution in [0.1, 0.15) is 16.7 Å². The van der Waals surface area contributed by atoms with Crippen molar-refractivity contribution in [2.45, 2.75) is 6.61 Å². The Morgan fingerprint density at radius 1 is 1.07 bits per heavy atom. The van der Waals surface area contributed by atoms with E-state index in [-0.39, 0.29) is 0 Å². The van der Waals surface area contributed by atoms with E-state index in [9.17, 15) is 5.26 Å². The highest BCUT2D eigenvalue weighted by atomic mass is 79.9. The van der Waals surface area contributed by atoms with E-state index in [1.165, 1.54) is 0 Å². The van der Waals surface area contributed by atoms with E-state index >= 15 is 0 Å². The molecule has 0 N–H and O–H groups in total. The zero-order valence-electron chi connectivity index (χ0n) is 15.2. The molecule has 3 aromatic carbocycles. The summed E-state index contributed by atoms with van der Waals surface area (Å²) in [6.07, 6.45) is 1.80. The highest BCUT2D eigenvalue weighted by Gasteiger charge is 2.06. The zero-order valence-corrected chi connectivity index (χ0v) is 17.5. The van der Waals surface area contributed by atoms with Crippen LogP contribution in [0.4, 0.5) is 0 Å². The number of nitrogens with zero attached hydrogens (tertiary/aromatic N) is 1. The van der Waals surface area contributed by atoms with Gasteiger partial charge in [-0.05, 0) is 71.3 Å². The third-order valence-electron chi connectivity index (χ3n) is 4.10. The third-order valence-corrected chi connectivity index (χ3v) is 4.92. The molecule has 0 aliphatic rings. The number of halogens is 2. The molecule has 0 bridgehead atoms. The van der Waals surface area contributed by atoms with E-state index in [1.54, 1.807) is 19.3 Å². The van der Waals surface area contributed by atoms with Crippen molar-refractivity contribution in [2.24, 2.45) is 0 Å². The molecular weight excluding hydrogens is 438 g/mol. The SMILES string of the molecule is COc1ccc(/C(C#N)=C/c2ccc(OCc3ccc(Br)cc3)c(Cl)c2)cc1. The van der Waals surface area contributed by atoms with E-state index in [0.717, 1.165) is 26.9 Å². The molecule has 0 fully saturated rings. The first-order valence-electron chi connectivity index (χ1n) is 8.52. The van der Waals surface area contributed by atoms with Gasteiger partial charge in [-0.2, -0.15) is 5.26 Å². The Hall–Kier alpha value is -2.74. The fraction of sp³-hybridized carbons (Fsp3) is 0.0870. The molecule has 0 unspecified atom stereocenters. The molecule has 0 aromatic heterocycles. The summed E-state index contributed by atoms with van der Waals surface area (Å²) in [6, 6.07) is 23.0. The minimum atomic E-state index is 0.428. The molecule has 28 heavy (non-hydrogen) atoms. The molecular formula is C23H17BrClNO2. The first kappa shape index (κ1) is 20.0. The Bertz CT molecular complexity index is 1020. The smallest absolute Gasteiger partial charge is 0.138 e. The highest BCUT2D eigenvalue weighted by molar-refractivity contribution is 9.10. The summed E-state index contributed by atoms with van der Waals surface area (Å²) in [5.74, 6) is 1.35. The van der Waals surface area contributed by atoms with Crippen molar-refractivity contribution in [3.63, 3.8) is 0 Å². The van der Waals surface area contributed by atoms with Gasteiger partial charge in [-0.15, -0.1) is 0 Å². The molecule has 0 atom stereocenters. The highest BCUT2D eigenvalue weighted by Crippen LogP contribution is 2.29. The monoisotopic (exact) mass is 453 g/mol. The number of benzene rings is 3. The number of hydrogen-bond donors (Lipinski definition) is 0. The lowest BCUT2D eigenvalue weighted by Gasteiger charge is -2.09. The average molecular weight is 455 g/mol. The molecule has 0 saturated carbocycles. The summed E-state index contributed by atoms with van der Waals surface area (Å²) >= 11 is 9.79. The lowest BCUT2D eigenvalue weighted by Crippen LogP contribution is -1.96. The minimum absolute atomic E-state index is 0.428. The number of ether oxygens (including phenoxy) is 2. The maximum absolute atomic E-state index is 9.51. The Kier molecular flexibility index (Phi) is 6.76. The van der Waals surface area contributed by atoms with Crippen LogP contribution in [0.2, 0.25) is 5.02 Å². The largest absolute Gasteiger partial charge is 0.497 e. The number of hydrogen-bond acceptors (Lipinski definition) is 3. The molecule has 140 valence electrons. The predicted octanol–water partition coefficient (Wildman–Crippen LogP) is 6.75. The van der Waals surface area contributed by atoms with Gasteiger partial charge in [-0.25, -0.2) is 0 Å². The normalized spacial score (nSPS) is 11.0. The van der Waals surface area contributed by atoms with Crippen molar-refractivity contribution in [3.8, 4) is 17.6 Å². The number of rotatable bonds is 6. The third kappa shape index (κ3) is 5.16. The summed E-state index contributed by atoms with van der Waals surface area (Å²) in [5, 5.41) is 10.0. The Balaban J connectivity index is 1.75. The van der Waals surface area contributed by atoms with Gasteiger partial charge in [0.2, 0.25) is 0 Å². The molecule has 0 aliphatic heterocycles. The van der Waals surface area contributed by atoms with Crippen LogP contribution in [0, 0.1) is 11.3 Å². The van der Waals surface area contributed by atoms with E-state index in [2.05, 4.69) is 22.0 Å². The van der Waals surface area contributed by atoms with Gasteiger partial charge in [0.05, 0.1) is 23.8 Å². The summed E-state index contributed by atoms with van der Waals surface area (Å²) < 4.78 is 12.0. The maximum Gasteiger partial charge on any atom is 0.138 e. The van der Waals surface area contributed by atoms with Gasteiger partial charge < -0.3 is 9.47 Å². The quantitative estimate of drug-likeness (QED) is 0.305. The van der Waals surface area contributed by atoms with Crippen LogP contribution in [0.25, 0.3) is 11.6 Å². The van der Waals surface area contributed by atoms with E-state index < -0.39 is 0 Å². The van der Waals surface area contributed by atoms with E-state index in [4.69, 9.17) is 21.1 Å². The first-order valence-corrected chi connectivity index (χ1v) is 9.69. The second-order valence-corrected chi connectivity index (χ2v) is 7.33. The van der Waals surface area contributed by atoms with Gasteiger partial charge in [0.1, 0.15) is 18.1 Å². The average Bonchev–Trinajstić information content (AvgIpc) is 2.72. The van der Waals surface area contributed by atoms with Crippen LogP contribution in [0.5, 0.6) is 11.5 Å². The molecule has 3 nitrogen and oxygen atoms in total. The number of nitriles is 1. The van der Waals surface area contributed by atoms with Crippen molar-refractivity contribution in [2.75, 3.05) is 7.11 Å². The van der Waals surface area contributed by atoms with Gasteiger partial charge in [-0.1, -0.05) is 45.7 Å². The van der Waals surface area contributed by atoms with Crippen LogP contribution in [-0.4, -0.2) is 7.11 Å². The van der Waals surface area contributed by atoms with Crippen LogP contribution in [-0.2, 0) is 6.61 Å². The Labute approximate surface area is 177 Å². The topological polar surface area (TPSA) is 42.2 Å². The van der Waals surface area contributed by atoms with Crippen LogP contribution in [0.3, 0.4) is 0 Å². The van der Waals surface area contributed by atoms with Gasteiger partial charge in [0.15, 0.2) is 0 Å². The second-order valence-electron chi connectivity index (χ2n) is 6.00. The van der Waals surface area contributed by atoms with Crippen molar-refractivity contribution >= 4 is 39.2 Å². The van der Waals surface area contributed by atoms with E-state index in [0.29, 0.717) is 23.0 Å². The molecule has 3 rings (SSSR count). The van der Waals surface area contributed by atoms with Crippen molar-refractivity contribution in [1.29, 1.82) is 5.26 Å². The summed E-state index contributed by atoms with van der Waals surface area (Å²) in [4.78, 5) is 0. The molecule has 0 saturated heterocycles. The van der Waals surface area contributed by atoms with Gasteiger partial charge >= 0.3 is 0 Å². The number of allylic oxidation sites excluding steroid dienone is 1. The molecule has 5 heteroatoms. The Morgan fingerprint density at radius 3 is 2.39 bits per heavy atom. The maximum atomic E-state index is 9.51. The standard InChI is InChI=1S/C23H17BrClNO2/c1-27-21-9-5-18(6-10-21)19(14-26)12-17-4-11-23(22(25)13-17)28-15-16-2-7-20(24)8-3-16/h2-13H,15H2,1H3/b19-12+. The van der Waals surface area contributed by atoms with Gasteiger partial charge in [-0.3, -0.25) is 0 Å². The summed E-state index contributed by atoms with van der Waals surface area (Å²) in [6.45, 7) is 0.428. The first-order chi connectivity index (χ1) is 13.6. The molecule has 0 aliphatic carbocycles. The fourth-order valence-corrected chi connectivity index (χ4v) is 3.09.